The molecule has 0 heterocycles. The maximum Gasteiger partial charge on any atom is 0.323 e. The second-order valence-electron chi connectivity index (χ2n) is 2.08. The first-order chi connectivity index (χ1) is 5.83. The van der Waals surface area contributed by atoms with Gasteiger partial charge >= 0.3 is 6.03 Å². The van der Waals surface area contributed by atoms with Crippen LogP contribution in [0.4, 0.5) is 10.5 Å². The minimum absolute atomic E-state index is 0.323. The van der Waals surface area contributed by atoms with Crippen LogP contribution >= 0.6 is 12.2 Å². The van der Waals surface area contributed by atoms with Gasteiger partial charge < -0.3 is 10.6 Å². The minimum atomic E-state index is -0.323. The Morgan fingerprint density at radius 3 is 2.58 bits per heavy atom. The molecule has 0 spiro atoms. The van der Waals surface area contributed by atoms with Crippen LogP contribution in [0.25, 0.3) is 0 Å². The molecule has 0 fully saturated rings. The molecule has 2 amide bonds. The fourth-order valence-corrected chi connectivity index (χ4v) is 0.849. The van der Waals surface area contributed by atoms with Gasteiger partial charge in [0.15, 0.2) is 0 Å². The summed E-state index contributed by atoms with van der Waals surface area (Å²) < 4.78 is 0. The van der Waals surface area contributed by atoms with Gasteiger partial charge in [-0.3, -0.25) is 0 Å². The molecule has 0 bridgehead atoms. The van der Waals surface area contributed by atoms with Crippen molar-refractivity contribution in [3.8, 4) is 0 Å². The SMILES string of the molecule is O=C(NC=S)Nc1ccccc1. The first-order valence-corrected chi connectivity index (χ1v) is 3.86. The van der Waals surface area contributed by atoms with Gasteiger partial charge in [0.2, 0.25) is 0 Å². The van der Waals surface area contributed by atoms with Crippen molar-refractivity contribution in [1.82, 2.24) is 5.32 Å². The number of urea groups is 1. The van der Waals surface area contributed by atoms with Gasteiger partial charge in [-0.05, 0) is 12.1 Å². The first kappa shape index (κ1) is 8.67. The number of hydrogen-bond acceptors (Lipinski definition) is 2. The van der Waals surface area contributed by atoms with E-state index in [4.69, 9.17) is 0 Å². The third kappa shape index (κ3) is 2.67. The second-order valence-corrected chi connectivity index (χ2v) is 2.32. The Morgan fingerprint density at radius 2 is 2.00 bits per heavy atom. The highest BCUT2D eigenvalue weighted by atomic mass is 32.1. The van der Waals surface area contributed by atoms with Crippen LogP contribution in [0, 0.1) is 0 Å². The van der Waals surface area contributed by atoms with Crippen LogP contribution in [-0.4, -0.2) is 11.5 Å². The van der Waals surface area contributed by atoms with Gasteiger partial charge in [-0.1, -0.05) is 30.4 Å². The molecule has 1 aromatic rings. The van der Waals surface area contributed by atoms with Gasteiger partial charge in [0, 0.05) is 5.69 Å². The summed E-state index contributed by atoms with van der Waals surface area (Å²) in [4.78, 5) is 10.9. The molecule has 2 N–H and O–H groups in total. The van der Waals surface area contributed by atoms with Gasteiger partial charge in [-0.25, -0.2) is 4.79 Å². The van der Waals surface area contributed by atoms with Crippen molar-refractivity contribution >= 4 is 29.4 Å². The summed E-state index contributed by atoms with van der Waals surface area (Å²) in [5.74, 6) is 0. The number of benzene rings is 1. The number of carbonyl (C=O) groups excluding carboxylic acids is 1. The standard InChI is InChI=1S/C8H8N2OS/c11-8(9-6-12)10-7-4-2-1-3-5-7/h1-6H,(H2,9,10,11,12). The van der Waals surface area contributed by atoms with Crippen LogP contribution in [0.3, 0.4) is 0 Å². The van der Waals surface area contributed by atoms with Crippen LogP contribution in [0.15, 0.2) is 30.3 Å². The molecule has 0 aliphatic rings. The van der Waals surface area contributed by atoms with Crippen molar-refractivity contribution in [2.24, 2.45) is 0 Å². The van der Waals surface area contributed by atoms with Crippen LogP contribution in [-0.2, 0) is 0 Å². The van der Waals surface area contributed by atoms with Crippen LogP contribution < -0.4 is 10.6 Å². The van der Waals surface area contributed by atoms with E-state index in [1.165, 1.54) is 0 Å². The molecule has 0 radical (unpaired) electrons. The molecule has 0 saturated heterocycles. The van der Waals surface area contributed by atoms with E-state index in [2.05, 4.69) is 22.9 Å². The maximum atomic E-state index is 10.9. The fraction of sp³-hybridized carbons (Fsp3) is 0. The van der Waals surface area contributed by atoms with Crippen molar-refractivity contribution in [1.29, 1.82) is 0 Å². The van der Waals surface area contributed by atoms with Crippen molar-refractivity contribution < 1.29 is 4.79 Å². The number of anilines is 1. The molecular formula is C8H8N2OS. The molecule has 0 aromatic heterocycles. The lowest BCUT2D eigenvalue weighted by Crippen LogP contribution is -2.26. The molecule has 0 atom stereocenters. The summed E-state index contributed by atoms with van der Waals surface area (Å²) in [5, 5.41) is 4.93. The Bertz CT molecular complexity index is 274. The minimum Gasteiger partial charge on any atom is -0.308 e. The highest BCUT2D eigenvalue weighted by Gasteiger charge is 1.95. The van der Waals surface area contributed by atoms with Crippen molar-refractivity contribution in [3.05, 3.63) is 30.3 Å². The van der Waals surface area contributed by atoms with E-state index >= 15 is 0 Å². The van der Waals surface area contributed by atoms with Gasteiger partial charge in [-0.15, -0.1) is 0 Å². The summed E-state index contributed by atoms with van der Waals surface area (Å²) in [6, 6.07) is 8.82. The summed E-state index contributed by atoms with van der Waals surface area (Å²) in [6.07, 6.45) is 0. The zero-order valence-corrected chi connectivity index (χ0v) is 7.10. The third-order valence-corrected chi connectivity index (χ3v) is 1.34. The molecule has 1 aromatic carbocycles. The lowest BCUT2D eigenvalue weighted by Gasteiger charge is -2.02. The van der Waals surface area contributed by atoms with Crippen LogP contribution in [0.5, 0.6) is 0 Å². The lowest BCUT2D eigenvalue weighted by molar-refractivity contribution is 0.256. The molecule has 0 saturated carbocycles. The molecule has 0 unspecified atom stereocenters. The van der Waals surface area contributed by atoms with Gasteiger partial charge in [0.25, 0.3) is 0 Å². The van der Waals surface area contributed by atoms with Crippen LogP contribution in [0.2, 0.25) is 0 Å². The topological polar surface area (TPSA) is 41.1 Å². The maximum absolute atomic E-state index is 10.9. The Balaban J connectivity index is 2.52. The molecule has 0 aliphatic carbocycles. The average molecular weight is 180 g/mol. The second kappa shape index (κ2) is 4.46. The summed E-state index contributed by atoms with van der Waals surface area (Å²) in [7, 11) is 0. The van der Waals surface area contributed by atoms with E-state index in [1.807, 2.05) is 18.2 Å². The van der Waals surface area contributed by atoms with E-state index < -0.39 is 0 Å². The predicted molar refractivity (Wildman–Crippen MR) is 52.3 cm³/mol. The number of nitrogens with one attached hydrogen (secondary N) is 2. The molecule has 0 aliphatic heterocycles. The Hall–Kier alpha value is -1.42. The highest BCUT2D eigenvalue weighted by Crippen LogP contribution is 2.03. The molecular weight excluding hydrogens is 172 g/mol. The summed E-state index contributed by atoms with van der Waals surface area (Å²) in [6.45, 7) is 0. The van der Waals surface area contributed by atoms with E-state index in [-0.39, 0.29) is 6.03 Å². The number of rotatable bonds is 2. The van der Waals surface area contributed by atoms with Gasteiger partial charge in [0.1, 0.15) is 0 Å². The molecule has 4 heteroatoms. The normalized spacial score (nSPS) is 8.67. The number of carbonyl (C=O) groups is 1. The predicted octanol–water partition coefficient (Wildman–Crippen LogP) is 1.77. The fourth-order valence-electron chi connectivity index (χ4n) is 0.742. The monoisotopic (exact) mass is 180 g/mol. The van der Waals surface area contributed by atoms with Crippen molar-refractivity contribution in [2.45, 2.75) is 0 Å². The largest absolute Gasteiger partial charge is 0.323 e. The zero-order chi connectivity index (χ0) is 8.81. The quantitative estimate of drug-likeness (QED) is 0.681. The number of para-hydroxylation sites is 1. The summed E-state index contributed by atoms with van der Waals surface area (Å²) >= 11 is 4.45. The summed E-state index contributed by atoms with van der Waals surface area (Å²) in [5.41, 5.74) is 1.91. The van der Waals surface area contributed by atoms with E-state index in [0.29, 0.717) is 0 Å². The van der Waals surface area contributed by atoms with Crippen molar-refractivity contribution in [2.75, 3.05) is 5.32 Å². The van der Waals surface area contributed by atoms with Crippen LogP contribution in [0.1, 0.15) is 0 Å². The molecule has 12 heavy (non-hydrogen) atoms. The number of thiocarbonyl (C=S) groups is 1. The Morgan fingerprint density at radius 1 is 1.33 bits per heavy atom. The van der Waals surface area contributed by atoms with Crippen molar-refractivity contribution in [3.63, 3.8) is 0 Å². The Labute approximate surface area is 75.8 Å². The molecule has 1 rings (SSSR count). The van der Waals surface area contributed by atoms with Gasteiger partial charge in [0.05, 0.1) is 5.49 Å². The first-order valence-electron chi connectivity index (χ1n) is 3.39. The highest BCUT2D eigenvalue weighted by molar-refractivity contribution is 7.78. The van der Waals surface area contributed by atoms with Gasteiger partial charge in [-0.2, -0.15) is 0 Å². The zero-order valence-electron chi connectivity index (χ0n) is 6.28. The lowest BCUT2D eigenvalue weighted by atomic mass is 10.3. The number of amides is 2. The third-order valence-electron chi connectivity index (χ3n) is 1.22. The number of hydrogen-bond donors (Lipinski definition) is 2. The average Bonchev–Trinajstić information content (AvgIpc) is 2.06. The molecule has 62 valence electrons. The smallest absolute Gasteiger partial charge is 0.308 e. The van der Waals surface area contributed by atoms with E-state index in [0.717, 1.165) is 11.2 Å². The van der Waals surface area contributed by atoms with E-state index in [9.17, 15) is 4.79 Å². The van der Waals surface area contributed by atoms with E-state index in [1.54, 1.807) is 12.1 Å². The molecule has 3 nitrogen and oxygen atoms in total. The Kier molecular flexibility index (Phi) is 3.22.